The normalized spacial score (nSPS) is 11.9. The molecule has 0 saturated heterocycles. The van der Waals surface area contributed by atoms with Crippen molar-refractivity contribution in [2.24, 2.45) is 0 Å². The summed E-state index contributed by atoms with van der Waals surface area (Å²) in [6, 6.07) is 14.2. The van der Waals surface area contributed by atoms with Crippen LogP contribution in [0.3, 0.4) is 0 Å². The molecule has 0 aliphatic carbocycles. The molecule has 1 N–H and O–H groups in total. The van der Waals surface area contributed by atoms with Gasteiger partial charge in [-0.3, -0.25) is 0 Å². The van der Waals surface area contributed by atoms with Gasteiger partial charge >= 0.3 is 0 Å². The molecule has 1 unspecified atom stereocenters. The zero-order valence-corrected chi connectivity index (χ0v) is 11.7. The van der Waals surface area contributed by atoms with E-state index in [0.29, 0.717) is 6.61 Å². The fourth-order valence-electron chi connectivity index (χ4n) is 1.77. The zero-order valence-electron chi connectivity index (χ0n) is 11.7. The Morgan fingerprint density at radius 1 is 1.11 bits per heavy atom. The van der Waals surface area contributed by atoms with Crippen LogP contribution in [0.5, 0.6) is 5.75 Å². The number of pyridine rings is 1. The minimum Gasteiger partial charge on any atom is -0.491 e. The van der Waals surface area contributed by atoms with Crippen molar-refractivity contribution in [3.05, 3.63) is 53.7 Å². The van der Waals surface area contributed by atoms with Crippen LogP contribution in [0.2, 0.25) is 0 Å². The lowest BCUT2D eigenvalue weighted by Gasteiger charge is -2.15. The Bertz CT molecular complexity index is 523. The van der Waals surface area contributed by atoms with Crippen molar-refractivity contribution in [2.75, 3.05) is 11.9 Å². The molecule has 19 heavy (non-hydrogen) atoms. The van der Waals surface area contributed by atoms with Crippen molar-refractivity contribution >= 4 is 5.82 Å². The molecule has 0 radical (unpaired) electrons. The number of nitrogens with zero attached hydrogens (tertiary/aromatic N) is 1. The molecule has 1 heterocycles. The summed E-state index contributed by atoms with van der Waals surface area (Å²) in [6.07, 6.45) is 0. The third-order valence-electron chi connectivity index (χ3n) is 2.80. The number of nitrogens with one attached hydrogen (secondary N) is 1. The Kier molecular flexibility index (Phi) is 4.39. The first-order valence-corrected chi connectivity index (χ1v) is 6.53. The molecule has 3 heteroatoms. The third-order valence-corrected chi connectivity index (χ3v) is 2.80. The van der Waals surface area contributed by atoms with Crippen molar-refractivity contribution in [2.45, 2.75) is 26.8 Å². The molecule has 2 aromatic rings. The van der Waals surface area contributed by atoms with Gasteiger partial charge in [0.15, 0.2) is 0 Å². The Morgan fingerprint density at radius 2 is 1.84 bits per heavy atom. The van der Waals surface area contributed by atoms with E-state index in [1.54, 1.807) is 0 Å². The topological polar surface area (TPSA) is 34.1 Å². The first-order valence-electron chi connectivity index (χ1n) is 6.53. The predicted molar refractivity (Wildman–Crippen MR) is 78.7 cm³/mol. The standard InChI is InChI=1S/C16H20N2O/c1-12-7-9-15(10-8-12)19-11-14(3)18-16-6-4-5-13(2)17-16/h4-10,14H,11H2,1-3H3,(H,17,18). The average Bonchev–Trinajstić information content (AvgIpc) is 2.38. The van der Waals surface area contributed by atoms with Gasteiger partial charge in [-0.05, 0) is 45.0 Å². The van der Waals surface area contributed by atoms with Crippen molar-refractivity contribution in [3.8, 4) is 5.75 Å². The molecule has 2 rings (SSSR count). The maximum Gasteiger partial charge on any atom is 0.126 e. The van der Waals surface area contributed by atoms with Gasteiger partial charge in [-0.15, -0.1) is 0 Å². The average molecular weight is 256 g/mol. The summed E-state index contributed by atoms with van der Waals surface area (Å²) >= 11 is 0. The van der Waals surface area contributed by atoms with Crippen LogP contribution in [0.15, 0.2) is 42.5 Å². The van der Waals surface area contributed by atoms with E-state index >= 15 is 0 Å². The van der Waals surface area contributed by atoms with E-state index in [-0.39, 0.29) is 6.04 Å². The lowest BCUT2D eigenvalue weighted by Crippen LogP contribution is -2.24. The van der Waals surface area contributed by atoms with E-state index in [2.05, 4.69) is 36.3 Å². The second-order valence-corrected chi connectivity index (χ2v) is 4.83. The lowest BCUT2D eigenvalue weighted by atomic mass is 10.2. The van der Waals surface area contributed by atoms with E-state index in [1.807, 2.05) is 37.3 Å². The molecule has 1 aromatic carbocycles. The Labute approximate surface area is 114 Å². The maximum atomic E-state index is 5.73. The van der Waals surface area contributed by atoms with E-state index in [0.717, 1.165) is 17.3 Å². The number of anilines is 1. The summed E-state index contributed by atoms with van der Waals surface area (Å²) in [5.41, 5.74) is 2.25. The highest BCUT2D eigenvalue weighted by Gasteiger charge is 2.04. The number of hydrogen-bond acceptors (Lipinski definition) is 3. The van der Waals surface area contributed by atoms with Crippen molar-refractivity contribution in [3.63, 3.8) is 0 Å². The largest absolute Gasteiger partial charge is 0.491 e. The highest BCUT2D eigenvalue weighted by atomic mass is 16.5. The molecule has 0 fully saturated rings. The van der Waals surface area contributed by atoms with Crippen LogP contribution in [0, 0.1) is 13.8 Å². The van der Waals surface area contributed by atoms with Crippen LogP contribution in [0.4, 0.5) is 5.82 Å². The van der Waals surface area contributed by atoms with Crippen LogP contribution in [0.25, 0.3) is 0 Å². The van der Waals surface area contributed by atoms with E-state index in [9.17, 15) is 0 Å². The maximum absolute atomic E-state index is 5.73. The molecule has 0 spiro atoms. The number of ether oxygens (including phenoxy) is 1. The molecule has 0 aliphatic rings. The van der Waals surface area contributed by atoms with Gasteiger partial charge in [-0.1, -0.05) is 23.8 Å². The summed E-state index contributed by atoms with van der Waals surface area (Å²) in [5, 5.41) is 3.33. The molecule has 1 aromatic heterocycles. The molecule has 3 nitrogen and oxygen atoms in total. The number of rotatable bonds is 5. The lowest BCUT2D eigenvalue weighted by molar-refractivity contribution is 0.303. The van der Waals surface area contributed by atoms with Crippen LogP contribution in [0.1, 0.15) is 18.2 Å². The highest BCUT2D eigenvalue weighted by Crippen LogP contribution is 2.12. The quantitative estimate of drug-likeness (QED) is 0.888. The van der Waals surface area contributed by atoms with E-state index < -0.39 is 0 Å². The summed E-state index contributed by atoms with van der Waals surface area (Å²) in [4.78, 5) is 4.41. The summed E-state index contributed by atoms with van der Waals surface area (Å²) in [5.74, 6) is 1.79. The summed E-state index contributed by atoms with van der Waals surface area (Å²) < 4.78 is 5.73. The zero-order chi connectivity index (χ0) is 13.7. The SMILES string of the molecule is Cc1ccc(OCC(C)Nc2cccc(C)n2)cc1. The van der Waals surface area contributed by atoms with Crippen LogP contribution in [-0.4, -0.2) is 17.6 Å². The number of benzene rings is 1. The molecule has 1 atom stereocenters. The van der Waals surface area contributed by atoms with Crippen LogP contribution in [-0.2, 0) is 0 Å². The van der Waals surface area contributed by atoms with Gasteiger partial charge in [0, 0.05) is 5.69 Å². The smallest absolute Gasteiger partial charge is 0.126 e. The third kappa shape index (κ3) is 4.28. The van der Waals surface area contributed by atoms with E-state index in [4.69, 9.17) is 4.74 Å². The van der Waals surface area contributed by atoms with Gasteiger partial charge in [0.2, 0.25) is 0 Å². The Morgan fingerprint density at radius 3 is 2.53 bits per heavy atom. The molecule has 0 aliphatic heterocycles. The van der Waals surface area contributed by atoms with Gasteiger partial charge in [-0.2, -0.15) is 0 Å². The fourth-order valence-corrected chi connectivity index (χ4v) is 1.77. The Hall–Kier alpha value is -2.03. The number of hydrogen-bond donors (Lipinski definition) is 1. The van der Waals surface area contributed by atoms with Gasteiger partial charge in [0.1, 0.15) is 18.2 Å². The summed E-state index contributed by atoms with van der Waals surface area (Å²) in [7, 11) is 0. The summed E-state index contributed by atoms with van der Waals surface area (Å²) in [6.45, 7) is 6.74. The van der Waals surface area contributed by atoms with Crippen molar-refractivity contribution in [1.82, 2.24) is 4.98 Å². The molecule has 0 amide bonds. The minimum atomic E-state index is 0.204. The van der Waals surface area contributed by atoms with Gasteiger partial charge in [-0.25, -0.2) is 4.98 Å². The second-order valence-electron chi connectivity index (χ2n) is 4.83. The second kappa shape index (κ2) is 6.23. The first kappa shape index (κ1) is 13.4. The molecular formula is C16H20N2O. The fraction of sp³-hybridized carbons (Fsp3) is 0.312. The predicted octanol–water partition coefficient (Wildman–Crippen LogP) is 3.58. The minimum absolute atomic E-state index is 0.204. The number of aromatic nitrogens is 1. The van der Waals surface area contributed by atoms with Crippen LogP contribution < -0.4 is 10.1 Å². The van der Waals surface area contributed by atoms with E-state index in [1.165, 1.54) is 5.56 Å². The van der Waals surface area contributed by atoms with Crippen molar-refractivity contribution in [1.29, 1.82) is 0 Å². The van der Waals surface area contributed by atoms with Gasteiger partial charge in [0.25, 0.3) is 0 Å². The van der Waals surface area contributed by atoms with Crippen LogP contribution >= 0.6 is 0 Å². The monoisotopic (exact) mass is 256 g/mol. The first-order chi connectivity index (χ1) is 9.13. The molecule has 100 valence electrons. The van der Waals surface area contributed by atoms with Gasteiger partial charge < -0.3 is 10.1 Å². The highest BCUT2D eigenvalue weighted by molar-refractivity contribution is 5.36. The van der Waals surface area contributed by atoms with Crippen molar-refractivity contribution < 1.29 is 4.74 Å². The van der Waals surface area contributed by atoms with Gasteiger partial charge in [0.05, 0.1) is 6.04 Å². The molecule has 0 bridgehead atoms. The number of aryl methyl sites for hydroxylation is 2. The molecular weight excluding hydrogens is 236 g/mol. The Balaban J connectivity index is 1.84. The molecule has 0 saturated carbocycles.